The minimum Gasteiger partial charge on any atom is -0.339 e. The molecule has 2 aromatic rings. The van der Waals surface area contributed by atoms with E-state index < -0.39 is 5.79 Å². The third-order valence-corrected chi connectivity index (χ3v) is 4.67. The SMILES string of the molecule is C=CCCC1(CCC=C)O[C@H](c2ccccc2)[C@@H](c2ccccc2)O1. The minimum atomic E-state index is -0.594. The summed E-state index contributed by atoms with van der Waals surface area (Å²) in [7, 11) is 0. The molecule has 0 amide bonds. The van der Waals surface area contributed by atoms with E-state index in [0.29, 0.717) is 0 Å². The summed E-state index contributed by atoms with van der Waals surface area (Å²) in [6.07, 6.45) is 6.95. The van der Waals surface area contributed by atoms with Gasteiger partial charge in [0.15, 0.2) is 5.79 Å². The van der Waals surface area contributed by atoms with E-state index in [1.807, 2.05) is 48.6 Å². The van der Waals surface area contributed by atoms with Crippen LogP contribution in [0.4, 0.5) is 0 Å². The van der Waals surface area contributed by atoms with Crippen LogP contribution in [0, 0.1) is 0 Å². The highest BCUT2D eigenvalue weighted by atomic mass is 16.8. The fraction of sp³-hybridized carbons (Fsp3) is 0.304. The highest BCUT2D eigenvalue weighted by Crippen LogP contribution is 2.50. The summed E-state index contributed by atoms with van der Waals surface area (Å²) >= 11 is 0. The van der Waals surface area contributed by atoms with Crippen LogP contribution in [0.25, 0.3) is 0 Å². The summed E-state index contributed by atoms with van der Waals surface area (Å²) in [6, 6.07) is 20.7. The van der Waals surface area contributed by atoms with Crippen molar-refractivity contribution < 1.29 is 9.47 Å². The Bertz CT molecular complexity index is 616. The number of hydrogen-bond donors (Lipinski definition) is 0. The molecule has 0 aliphatic carbocycles. The molecule has 2 nitrogen and oxygen atoms in total. The van der Waals surface area contributed by atoms with Gasteiger partial charge in [-0.2, -0.15) is 0 Å². The predicted molar refractivity (Wildman–Crippen MR) is 102 cm³/mol. The summed E-state index contributed by atoms with van der Waals surface area (Å²) in [5, 5.41) is 0. The summed E-state index contributed by atoms with van der Waals surface area (Å²) < 4.78 is 13.2. The Labute approximate surface area is 150 Å². The monoisotopic (exact) mass is 334 g/mol. The predicted octanol–water partition coefficient (Wildman–Crippen LogP) is 6.14. The first kappa shape index (κ1) is 17.7. The van der Waals surface area contributed by atoms with Gasteiger partial charge < -0.3 is 9.47 Å². The molecule has 130 valence electrons. The van der Waals surface area contributed by atoms with Crippen LogP contribution in [-0.2, 0) is 9.47 Å². The van der Waals surface area contributed by atoms with Crippen molar-refractivity contribution in [3.05, 3.63) is 97.1 Å². The molecule has 0 N–H and O–H groups in total. The molecule has 1 saturated heterocycles. The molecule has 2 aromatic carbocycles. The van der Waals surface area contributed by atoms with Gasteiger partial charge in [0, 0.05) is 12.8 Å². The molecule has 0 saturated carbocycles. The molecular formula is C23H26O2. The lowest BCUT2D eigenvalue weighted by molar-refractivity contribution is -0.184. The van der Waals surface area contributed by atoms with Crippen LogP contribution in [0.2, 0.25) is 0 Å². The maximum atomic E-state index is 6.59. The van der Waals surface area contributed by atoms with Crippen molar-refractivity contribution >= 4 is 0 Å². The summed E-state index contributed by atoms with van der Waals surface area (Å²) in [5.41, 5.74) is 2.30. The average Bonchev–Trinajstić information content (AvgIpc) is 3.06. The van der Waals surface area contributed by atoms with E-state index in [0.717, 1.165) is 36.8 Å². The van der Waals surface area contributed by atoms with E-state index in [1.54, 1.807) is 0 Å². The van der Waals surface area contributed by atoms with Crippen molar-refractivity contribution in [2.24, 2.45) is 0 Å². The molecule has 0 bridgehead atoms. The third kappa shape index (κ3) is 4.09. The quantitative estimate of drug-likeness (QED) is 0.539. The Morgan fingerprint density at radius 1 is 0.720 bits per heavy atom. The second-order valence-electron chi connectivity index (χ2n) is 6.46. The second-order valence-corrected chi connectivity index (χ2v) is 6.46. The largest absolute Gasteiger partial charge is 0.339 e. The van der Waals surface area contributed by atoms with Crippen molar-refractivity contribution in [3.8, 4) is 0 Å². The van der Waals surface area contributed by atoms with E-state index in [1.165, 1.54) is 0 Å². The number of allylic oxidation sites excluding steroid dienone is 2. The van der Waals surface area contributed by atoms with Crippen molar-refractivity contribution in [1.29, 1.82) is 0 Å². The molecule has 0 aromatic heterocycles. The maximum absolute atomic E-state index is 6.59. The van der Waals surface area contributed by atoms with E-state index in [2.05, 4.69) is 37.4 Å². The topological polar surface area (TPSA) is 18.5 Å². The van der Waals surface area contributed by atoms with Gasteiger partial charge in [0.05, 0.1) is 0 Å². The van der Waals surface area contributed by atoms with Crippen LogP contribution >= 0.6 is 0 Å². The first-order valence-corrected chi connectivity index (χ1v) is 8.95. The van der Waals surface area contributed by atoms with Crippen molar-refractivity contribution in [1.82, 2.24) is 0 Å². The standard InChI is InChI=1S/C23H26O2/c1-3-5-17-23(18-6-4-2)24-21(19-13-9-7-10-14-19)22(25-23)20-15-11-8-12-16-20/h3-4,7-16,21-22H,1-2,5-6,17-18H2/t21-,22-/m1/s1. The van der Waals surface area contributed by atoms with Crippen LogP contribution in [0.15, 0.2) is 86.0 Å². The minimum absolute atomic E-state index is 0.113. The molecular weight excluding hydrogens is 308 g/mol. The van der Waals surface area contributed by atoms with E-state index in [9.17, 15) is 0 Å². The molecule has 25 heavy (non-hydrogen) atoms. The first-order valence-electron chi connectivity index (χ1n) is 8.95. The lowest BCUT2D eigenvalue weighted by Gasteiger charge is -2.27. The third-order valence-electron chi connectivity index (χ3n) is 4.67. The molecule has 2 atom stereocenters. The van der Waals surface area contributed by atoms with Gasteiger partial charge in [-0.15, -0.1) is 13.2 Å². The Morgan fingerprint density at radius 2 is 1.12 bits per heavy atom. The molecule has 0 spiro atoms. The van der Waals surface area contributed by atoms with Gasteiger partial charge in [0.1, 0.15) is 12.2 Å². The Balaban J connectivity index is 1.95. The molecule has 1 aliphatic rings. The zero-order valence-electron chi connectivity index (χ0n) is 14.6. The average molecular weight is 334 g/mol. The zero-order chi connectivity index (χ0) is 17.5. The normalized spacial score (nSPS) is 21.8. The molecule has 0 unspecified atom stereocenters. The van der Waals surface area contributed by atoms with Gasteiger partial charge in [-0.05, 0) is 24.0 Å². The van der Waals surface area contributed by atoms with Crippen molar-refractivity contribution in [3.63, 3.8) is 0 Å². The highest BCUT2D eigenvalue weighted by Gasteiger charge is 2.47. The Kier molecular flexibility index (Phi) is 5.85. The molecule has 0 radical (unpaired) electrons. The zero-order valence-corrected chi connectivity index (χ0v) is 14.6. The van der Waals surface area contributed by atoms with E-state index in [-0.39, 0.29) is 12.2 Å². The van der Waals surface area contributed by atoms with Crippen molar-refractivity contribution in [2.45, 2.75) is 43.7 Å². The second kappa shape index (κ2) is 8.28. The summed E-state index contributed by atoms with van der Waals surface area (Å²) in [5.74, 6) is -0.594. The molecule has 2 heteroatoms. The van der Waals surface area contributed by atoms with Crippen LogP contribution in [0.1, 0.15) is 49.0 Å². The fourth-order valence-corrected chi connectivity index (χ4v) is 3.39. The van der Waals surface area contributed by atoms with Crippen LogP contribution in [0.5, 0.6) is 0 Å². The van der Waals surface area contributed by atoms with Crippen LogP contribution < -0.4 is 0 Å². The number of hydrogen-bond acceptors (Lipinski definition) is 2. The van der Waals surface area contributed by atoms with Gasteiger partial charge in [-0.3, -0.25) is 0 Å². The number of benzene rings is 2. The van der Waals surface area contributed by atoms with Gasteiger partial charge in [-0.25, -0.2) is 0 Å². The number of ether oxygens (including phenoxy) is 2. The maximum Gasteiger partial charge on any atom is 0.170 e. The summed E-state index contributed by atoms with van der Waals surface area (Å²) in [6.45, 7) is 7.71. The van der Waals surface area contributed by atoms with Crippen LogP contribution in [0.3, 0.4) is 0 Å². The molecule has 1 fully saturated rings. The van der Waals surface area contributed by atoms with E-state index >= 15 is 0 Å². The van der Waals surface area contributed by atoms with Gasteiger partial charge in [0.25, 0.3) is 0 Å². The van der Waals surface area contributed by atoms with Crippen molar-refractivity contribution in [2.75, 3.05) is 0 Å². The van der Waals surface area contributed by atoms with Crippen LogP contribution in [-0.4, -0.2) is 5.79 Å². The smallest absolute Gasteiger partial charge is 0.170 e. The lowest BCUT2D eigenvalue weighted by atomic mass is 9.99. The number of rotatable bonds is 8. The van der Waals surface area contributed by atoms with Gasteiger partial charge in [-0.1, -0.05) is 72.8 Å². The van der Waals surface area contributed by atoms with E-state index in [4.69, 9.17) is 9.47 Å². The molecule has 1 aliphatic heterocycles. The molecule has 3 rings (SSSR count). The lowest BCUT2D eigenvalue weighted by Crippen LogP contribution is -2.30. The van der Waals surface area contributed by atoms with Gasteiger partial charge in [0.2, 0.25) is 0 Å². The highest BCUT2D eigenvalue weighted by molar-refractivity contribution is 5.26. The molecule has 1 heterocycles. The fourth-order valence-electron chi connectivity index (χ4n) is 3.39. The first-order chi connectivity index (χ1) is 12.3. The Morgan fingerprint density at radius 3 is 1.48 bits per heavy atom. The summed E-state index contributed by atoms with van der Waals surface area (Å²) in [4.78, 5) is 0. The van der Waals surface area contributed by atoms with Gasteiger partial charge >= 0.3 is 0 Å². The Hall–Kier alpha value is -2.16.